The van der Waals surface area contributed by atoms with Crippen LogP contribution in [0.2, 0.25) is 0 Å². The van der Waals surface area contributed by atoms with Crippen LogP contribution >= 0.6 is 22.6 Å². The number of benzene rings is 1. The van der Waals surface area contributed by atoms with E-state index in [4.69, 9.17) is 9.47 Å². The summed E-state index contributed by atoms with van der Waals surface area (Å²) >= 11 is 2.29. The molecule has 25 heavy (non-hydrogen) atoms. The molecular formula is C19H29IN2O3. The third-order valence-electron chi connectivity index (χ3n) is 4.05. The number of amides is 1. The van der Waals surface area contributed by atoms with Crippen LogP contribution in [-0.4, -0.2) is 60.3 Å². The summed E-state index contributed by atoms with van der Waals surface area (Å²) in [5.41, 5.74) is -0.444. The Morgan fingerprint density at radius 3 is 2.64 bits per heavy atom. The molecule has 1 amide bonds. The Balaban J connectivity index is 1.70. The first-order valence-corrected chi connectivity index (χ1v) is 9.93. The fourth-order valence-corrected chi connectivity index (χ4v) is 3.40. The van der Waals surface area contributed by atoms with Crippen LogP contribution < -0.4 is 4.74 Å². The first-order chi connectivity index (χ1) is 11.8. The fraction of sp³-hybridized carbons (Fsp3) is 0.632. The van der Waals surface area contributed by atoms with Crippen LogP contribution in [0, 0.1) is 3.57 Å². The van der Waals surface area contributed by atoms with Gasteiger partial charge in [-0.15, -0.1) is 0 Å². The van der Waals surface area contributed by atoms with Crippen LogP contribution in [-0.2, 0) is 4.74 Å². The molecule has 1 atom stereocenters. The number of nitrogens with zero attached hydrogens (tertiary/aromatic N) is 2. The van der Waals surface area contributed by atoms with Crippen molar-refractivity contribution < 1.29 is 14.3 Å². The van der Waals surface area contributed by atoms with Gasteiger partial charge in [0.25, 0.3) is 0 Å². The molecule has 0 spiro atoms. The zero-order valence-electron chi connectivity index (χ0n) is 15.6. The number of halogens is 1. The Morgan fingerprint density at radius 2 is 2.00 bits per heavy atom. The standard InChI is InChI=1S/C19H29IN2O3/c1-15-14-21(11-12-22(15)18(23)25-19(2,3)4)10-7-13-24-17-9-6-5-8-16(17)20/h5-6,8-9,15H,7,10-14H2,1-4H3. The summed E-state index contributed by atoms with van der Waals surface area (Å²) in [7, 11) is 0. The Morgan fingerprint density at radius 1 is 1.28 bits per heavy atom. The lowest BCUT2D eigenvalue weighted by Crippen LogP contribution is -2.55. The Bertz CT molecular complexity index is 574. The van der Waals surface area contributed by atoms with Crippen molar-refractivity contribution in [3.63, 3.8) is 0 Å². The van der Waals surface area contributed by atoms with Gasteiger partial charge in [-0.05, 0) is 68.8 Å². The molecule has 0 radical (unpaired) electrons. The largest absolute Gasteiger partial charge is 0.492 e. The molecule has 1 aliphatic rings. The van der Waals surface area contributed by atoms with E-state index < -0.39 is 5.60 Å². The van der Waals surface area contributed by atoms with Crippen LogP contribution in [0.1, 0.15) is 34.1 Å². The number of para-hydroxylation sites is 1. The molecule has 1 aliphatic heterocycles. The molecule has 0 aromatic heterocycles. The minimum atomic E-state index is -0.444. The molecule has 5 nitrogen and oxygen atoms in total. The van der Waals surface area contributed by atoms with Gasteiger partial charge in [0.05, 0.1) is 10.2 Å². The van der Waals surface area contributed by atoms with Crippen LogP contribution in [0.15, 0.2) is 24.3 Å². The molecule has 0 bridgehead atoms. The van der Waals surface area contributed by atoms with E-state index in [1.54, 1.807) is 0 Å². The number of rotatable bonds is 5. The van der Waals surface area contributed by atoms with Gasteiger partial charge in [-0.25, -0.2) is 4.79 Å². The van der Waals surface area contributed by atoms with Crippen molar-refractivity contribution in [3.05, 3.63) is 27.8 Å². The number of carbonyl (C=O) groups is 1. The lowest BCUT2D eigenvalue weighted by molar-refractivity contribution is 0.00105. The Labute approximate surface area is 164 Å². The van der Waals surface area contributed by atoms with Crippen LogP contribution in [0.25, 0.3) is 0 Å². The molecule has 140 valence electrons. The SMILES string of the molecule is CC1CN(CCCOc2ccccc2I)CCN1C(=O)OC(C)(C)C. The number of hydrogen-bond donors (Lipinski definition) is 0. The van der Waals surface area contributed by atoms with E-state index >= 15 is 0 Å². The normalized spacial score (nSPS) is 18.9. The third kappa shape index (κ3) is 6.66. The maximum Gasteiger partial charge on any atom is 0.410 e. The van der Waals surface area contributed by atoms with E-state index in [1.165, 1.54) is 0 Å². The van der Waals surface area contributed by atoms with E-state index in [0.29, 0.717) is 13.2 Å². The molecule has 1 fully saturated rings. The van der Waals surface area contributed by atoms with E-state index in [9.17, 15) is 4.79 Å². The van der Waals surface area contributed by atoms with Gasteiger partial charge in [-0.3, -0.25) is 4.90 Å². The topological polar surface area (TPSA) is 42.0 Å². The summed E-state index contributed by atoms with van der Waals surface area (Å²) in [5.74, 6) is 0.950. The Hall–Kier alpha value is -1.02. The zero-order valence-corrected chi connectivity index (χ0v) is 17.8. The maximum absolute atomic E-state index is 12.2. The van der Waals surface area contributed by atoms with Crippen molar-refractivity contribution in [2.24, 2.45) is 0 Å². The monoisotopic (exact) mass is 460 g/mol. The minimum Gasteiger partial charge on any atom is -0.492 e. The predicted molar refractivity (Wildman–Crippen MR) is 108 cm³/mol. The molecule has 0 N–H and O–H groups in total. The number of ether oxygens (including phenoxy) is 2. The van der Waals surface area contributed by atoms with E-state index in [-0.39, 0.29) is 12.1 Å². The molecule has 1 aromatic rings. The summed E-state index contributed by atoms with van der Waals surface area (Å²) in [5, 5.41) is 0. The average molecular weight is 460 g/mol. The number of piperazine rings is 1. The summed E-state index contributed by atoms with van der Waals surface area (Å²) in [6.45, 7) is 12.0. The molecule has 0 saturated carbocycles. The molecular weight excluding hydrogens is 431 g/mol. The summed E-state index contributed by atoms with van der Waals surface area (Å²) < 4.78 is 12.5. The van der Waals surface area contributed by atoms with Crippen molar-refractivity contribution in [2.75, 3.05) is 32.8 Å². The second-order valence-corrected chi connectivity index (χ2v) is 8.62. The van der Waals surface area contributed by atoms with Gasteiger partial charge in [0, 0.05) is 32.2 Å². The molecule has 6 heteroatoms. The quantitative estimate of drug-likeness (QED) is 0.492. The van der Waals surface area contributed by atoms with Gasteiger partial charge in [-0.1, -0.05) is 12.1 Å². The van der Waals surface area contributed by atoms with Gasteiger partial charge < -0.3 is 14.4 Å². The zero-order chi connectivity index (χ0) is 18.4. The highest BCUT2D eigenvalue weighted by atomic mass is 127. The molecule has 2 rings (SSSR count). The first kappa shape index (κ1) is 20.3. The van der Waals surface area contributed by atoms with Crippen molar-refractivity contribution in [1.29, 1.82) is 0 Å². The molecule has 0 aliphatic carbocycles. The third-order valence-corrected chi connectivity index (χ3v) is 4.94. The number of carbonyl (C=O) groups excluding carboxylic acids is 1. The fourth-order valence-electron chi connectivity index (χ4n) is 2.86. The predicted octanol–water partition coefficient (Wildman–Crippen LogP) is 4.00. The summed E-state index contributed by atoms with van der Waals surface area (Å²) in [4.78, 5) is 16.5. The smallest absolute Gasteiger partial charge is 0.410 e. The lowest BCUT2D eigenvalue weighted by Gasteiger charge is -2.40. The summed E-state index contributed by atoms with van der Waals surface area (Å²) in [6.07, 6.45) is 0.770. The highest BCUT2D eigenvalue weighted by Crippen LogP contribution is 2.20. The van der Waals surface area contributed by atoms with Crippen molar-refractivity contribution in [3.8, 4) is 5.75 Å². The van der Waals surface area contributed by atoms with Gasteiger partial charge in [0.1, 0.15) is 11.4 Å². The highest BCUT2D eigenvalue weighted by Gasteiger charge is 2.30. The number of hydrogen-bond acceptors (Lipinski definition) is 4. The van der Waals surface area contributed by atoms with E-state index in [0.717, 1.165) is 35.4 Å². The molecule has 1 saturated heterocycles. The maximum atomic E-state index is 12.2. The van der Waals surface area contributed by atoms with E-state index in [1.807, 2.05) is 49.9 Å². The second-order valence-electron chi connectivity index (χ2n) is 7.46. The summed E-state index contributed by atoms with van der Waals surface area (Å²) in [6, 6.07) is 8.23. The minimum absolute atomic E-state index is 0.166. The van der Waals surface area contributed by atoms with Crippen molar-refractivity contribution in [1.82, 2.24) is 9.80 Å². The molecule has 1 unspecified atom stereocenters. The van der Waals surface area contributed by atoms with Gasteiger partial charge in [0.2, 0.25) is 0 Å². The van der Waals surface area contributed by atoms with Gasteiger partial charge >= 0.3 is 6.09 Å². The van der Waals surface area contributed by atoms with Gasteiger partial charge in [0.15, 0.2) is 0 Å². The van der Waals surface area contributed by atoms with Gasteiger partial charge in [-0.2, -0.15) is 0 Å². The second kappa shape index (κ2) is 9.07. The van der Waals surface area contributed by atoms with Crippen molar-refractivity contribution >= 4 is 28.7 Å². The van der Waals surface area contributed by atoms with Crippen molar-refractivity contribution in [2.45, 2.75) is 45.8 Å². The Kier molecular flexibility index (Phi) is 7.37. The van der Waals surface area contributed by atoms with Crippen LogP contribution in [0.5, 0.6) is 5.75 Å². The first-order valence-electron chi connectivity index (χ1n) is 8.85. The molecule has 1 heterocycles. The highest BCUT2D eigenvalue weighted by molar-refractivity contribution is 14.1. The average Bonchev–Trinajstić information content (AvgIpc) is 2.51. The van der Waals surface area contributed by atoms with Crippen LogP contribution in [0.3, 0.4) is 0 Å². The molecule has 1 aromatic carbocycles. The lowest BCUT2D eigenvalue weighted by atomic mass is 10.2. The van der Waals surface area contributed by atoms with Crippen LogP contribution in [0.4, 0.5) is 4.79 Å². The van der Waals surface area contributed by atoms with E-state index in [2.05, 4.69) is 34.4 Å².